The number of rotatable bonds is 26. The first-order valence-electron chi connectivity index (χ1n) is 59.1. The van der Waals surface area contributed by atoms with Gasteiger partial charge in [0.05, 0.1) is 44.7 Å². The van der Waals surface area contributed by atoms with Gasteiger partial charge in [0, 0.05) is 224 Å². The summed E-state index contributed by atoms with van der Waals surface area (Å²) < 4.78 is 54.6. The molecule has 0 aromatic carbocycles. The van der Waals surface area contributed by atoms with Gasteiger partial charge >= 0.3 is 0 Å². The maximum absolute atomic E-state index is 13.3. The largest absolute Gasteiger partial charge is 0.394 e. The van der Waals surface area contributed by atoms with Crippen LogP contribution in [0.1, 0.15) is 446 Å². The predicted octanol–water partition coefficient (Wildman–Crippen LogP) is 26.2. The molecule has 11 rings (SSSR count). The van der Waals surface area contributed by atoms with Gasteiger partial charge in [-0.05, 0) is 450 Å². The van der Waals surface area contributed by atoms with Crippen LogP contribution >= 0.6 is 10.5 Å². The average molecular weight is 2110 g/mol. The summed E-state index contributed by atoms with van der Waals surface area (Å²) in [6, 6.07) is 9.32. The first-order chi connectivity index (χ1) is 66.8. The zero-order valence-corrected chi connectivity index (χ0v) is 108. The molecule has 0 saturated carbocycles. The Bertz CT molecular complexity index is 3690. The maximum atomic E-state index is 13.3. The van der Waals surface area contributed by atoms with Crippen molar-refractivity contribution < 1.29 is 37.4 Å². The van der Waals surface area contributed by atoms with Crippen molar-refractivity contribution in [2.45, 2.75) is 591 Å². The minimum absolute atomic E-state index is 0.0856. The van der Waals surface area contributed by atoms with Crippen molar-refractivity contribution in [3.05, 3.63) is 12.2 Å². The molecule has 11 saturated heterocycles. The molecule has 11 aliphatic rings. The van der Waals surface area contributed by atoms with Gasteiger partial charge in [-0.2, -0.15) is 10.5 Å². The summed E-state index contributed by atoms with van der Waals surface area (Å²) in [6.07, 6.45) is 31.3. The summed E-state index contributed by atoms with van der Waals surface area (Å²) in [5, 5.41) is 19.7. The van der Waals surface area contributed by atoms with E-state index in [1.54, 1.807) is 13.4 Å². The second-order valence-electron chi connectivity index (χ2n) is 55.5. The zero-order valence-electron chi connectivity index (χ0n) is 106. The highest BCUT2D eigenvalue weighted by Gasteiger charge is 2.50. The van der Waals surface area contributed by atoms with Crippen LogP contribution < -0.4 is 0 Å². The molecule has 0 spiro atoms. The lowest BCUT2D eigenvalue weighted by Gasteiger charge is -2.49. The lowest BCUT2D eigenvalue weighted by atomic mass is 9.81. The summed E-state index contributed by atoms with van der Waals surface area (Å²) in [6.45, 7) is 123. The number of aliphatic hydroxyl groups excluding tert-OH is 2. The van der Waals surface area contributed by atoms with E-state index < -0.39 is 21.0 Å². The van der Waals surface area contributed by atoms with Gasteiger partial charge in [-0.3, -0.25) is 58.1 Å². The van der Waals surface area contributed by atoms with Crippen LogP contribution in [0.5, 0.6) is 0 Å². The summed E-state index contributed by atoms with van der Waals surface area (Å²) in [7, 11) is 1.96. The molecule has 146 heavy (non-hydrogen) atoms. The number of halogens is 2. The smallest absolute Gasteiger partial charge is 0.247 e. The van der Waals surface area contributed by atoms with E-state index in [4.69, 9.17) is 20.6 Å². The Morgan fingerprint density at radius 2 is 0.863 bits per heavy atom. The Labute approximate surface area is 911 Å². The Morgan fingerprint density at radius 1 is 0.486 bits per heavy atom. The van der Waals surface area contributed by atoms with Gasteiger partial charge in [0.25, 0.3) is 0 Å². The van der Waals surface area contributed by atoms with Gasteiger partial charge in [-0.15, -0.1) is 0 Å². The number of aliphatic hydroxyl groups is 2. The maximum Gasteiger partial charge on any atom is 0.247 e. The van der Waals surface area contributed by atoms with Crippen molar-refractivity contribution in [3.63, 3.8) is 0 Å². The highest BCUT2D eigenvalue weighted by Crippen LogP contribution is 2.45. The molecule has 2 N–H and O–H groups in total. The number of methoxy groups -OCH3 is 2. The van der Waals surface area contributed by atoms with E-state index in [1.165, 1.54) is 133 Å². The lowest BCUT2D eigenvalue weighted by molar-refractivity contribution is -0.0708. The van der Waals surface area contributed by atoms with E-state index in [-0.39, 0.29) is 40.2 Å². The molecule has 11 fully saturated rings. The molecule has 0 aromatic rings. The van der Waals surface area contributed by atoms with Crippen LogP contribution in [0.25, 0.3) is 0 Å². The zero-order chi connectivity index (χ0) is 113. The number of piperazine rings is 1. The van der Waals surface area contributed by atoms with Gasteiger partial charge in [0.15, 0.2) is 0 Å². The molecule has 22 heteroatoms. The van der Waals surface area contributed by atoms with Crippen molar-refractivity contribution in [2.75, 3.05) is 150 Å². The van der Waals surface area contributed by atoms with Gasteiger partial charge < -0.3 is 29.3 Å². The van der Waals surface area contributed by atoms with Crippen LogP contribution in [0.3, 0.4) is 0 Å². The molecule has 0 aromatic heterocycles. The van der Waals surface area contributed by atoms with Crippen LogP contribution in [0.4, 0.5) is 8.78 Å². The Morgan fingerprint density at radius 3 is 1.23 bits per heavy atom. The summed E-state index contributed by atoms with van der Waals surface area (Å²) in [4.78, 5) is 29.8. The molecule has 0 radical (unpaired) electrons. The molecule has 11 heterocycles. The number of nitrogens with zero attached hydrogens (tertiary/aromatic N) is 12. The van der Waals surface area contributed by atoms with Crippen molar-refractivity contribution in [1.82, 2.24) is 58.8 Å². The van der Waals surface area contributed by atoms with E-state index in [0.29, 0.717) is 129 Å². The van der Waals surface area contributed by atoms with Crippen molar-refractivity contribution >= 4 is 31.7 Å². The molecule has 18 nitrogen and oxygen atoms in total. The molecule has 870 valence electrons. The van der Waals surface area contributed by atoms with E-state index >= 15 is 0 Å². The molecule has 0 aliphatic carbocycles. The molecule has 0 amide bonds. The third-order valence-electron chi connectivity index (χ3n) is 34.2. The molecule has 8 unspecified atom stereocenters. The van der Waals surface area contributed by atoms with Crippen molar-refractivity contribution in [3.8, 4) is 12.5 Å². The minimum Gasteiger partial charge on any atom is -0.394 e. The topological polar surface area (TPSA) is 124 Å². The van der Waals surface area contributed by atoms with Crippen LogP contribution in [-0.2, 0) is 23.7 Å². The predicted molar refractivity (Wildman–Crippen MR) is 643 cm³/mol. The van der Waals surface area contributed by atoms with Crippen molar-refractivity contribution in [1.29, 1.82) is 0 Å². The van der Waals surface area contributed by atoms with E-state index in [2.05, 4.69) is 388 Å². The average Bonchev–Trinajstić information content (AvgIpc) is 1.54. The fourth-order valence-corrected chi connectivity index (χ4v) is 32.0. The first-order valence-corrected chi connectivity index (χ1v) is 63.1. The molecule has 0 bridgehead atoms. The number of alkyl halides is 2. The number of terminal acetylenes is 1. The Kier molecular flexibility index (Phi) is 61.9. The Hall–Kier alpha value is -1.44. The summed E-state index contributed by atoms with van der Waals surface area (Å²) in [5.41, 5.74) is 3.86. The van der Waals surface area contributed by atoms with Crippen molar-refractivity contribution in [2.24, 2.45) is 23.7 Å². The normalized spacial score (nSPS) is 29.0. The van der Waals surface area contributed by atoms with Gasteiger partial charge in [0.1, 0.15) is 0 Å². The third-order valence-corrected chi connectivity index (χ3v) is 37.9. The summed E-state index contributed by atoms with van der Waals surface area (Å²) >= 11 is 0. The standard InChI is InChI=1S/C13H27NO.C12H23F2NO.C12H25NOS.C12H25NO.C12H25N.C11H20N2.C11H23NO.C11H23N.C11H21N.C10H21NS.C9H19NO/c1-11(2)9-13(10-15-5)7-6-8-14(13)12(3)4;1-10(2)15-7-5-6-12(15,9-16-4)8-11(3,13)14;1-10(2)13-8-7-11(15(5,6)14)9-12(13,3)4;1-10(2)8-12(9-14)6-5-7-13(12)11(3)4;1-5-8-12(6-2)9-7-10-13(12)11(3)4;1-6-12-7-8-13(10(2)3)11(4,5)9-12;1-8(2)12-7-10(13)9(3)6-11(12,4)5;2*1-9(2)12-7-6-10(3)8-11(12,4)5;1-9(2)11-6-7-12(5)8-10(11,3)4;1-8(2)10-5-6-11-7-9(10,3)4/h11-12H,6-10H2,1-5H3;10H,5-9H2,1-4H3;10-11H,5,7-9H2,1-4,6H3;10-11,14H,5-9H2,1-4H3;11H,5-10H2,1-4H3;1,10H,7-9H2,2-5H3;8-10,13H,6-7H2,1-5H3;9-10H,6-8H2,1-5H3;9H,3,6-8H2,1-2,4-5H3;9H,5-8H2,1-4H3;8H,5-7H2,1-4H3/t;;;;;;9-,10+;;;;/m......1..../s1. The van der Waals surface area contributed by atoms with Crippen LogP contribution in [0, 0.1) is 36.1 Å². The quantitative estimate of drug-likeness (QED) is 0.0484. The first kappa shape index (κ1) is 143. The van der Waals surface area contributed by atoms with Gasteiger partial charge in [0.2, 0.25) is 5.92 Å². The second kappa shape index (κ2) is 63.4. The number of piperidine rings is 4. The second-order valence-corrected chi connectivity index (χ2v) is 60.2. The molecular weight excluding hydrogens is 1860 g/mol. The number of likely N-dealkylation sites (tertiary alicyclic amines) is 8. The van der Waals surface area contributed by atoms with Gasteiger partial charge in [-0.1, -0.05) is 86.3 Å². The van der Waals surface area contributed by atoms with Crippen LogP contribution in [0.15, 0.2) is 12.2 Å². The fraction of sp³-hybridized carbons (Fsp3) is 0.952. The Balaban J connectivity index is 0.000000804. The highest BCUT2D eigenvalue weighted by molar-refractivity contribution is 8.14. The van der Waals surface area contributed by atoms with E-state index in [1.807, 2.05) is 7.11 Å². The van der Waals surface area contributed by atoms with E-state index in [0.717, 1.165) is 142 Å². The highest BCUT2D eigenvalue weighted by atomic mass is 32.2. The minimum atomic E-state index is -2.63. The number of morpholine rings is 1. The number of ether oxygens (including phenoxy) is 3. The monoisotopic (exact) mass is 2110 g/mol. The molecule has 11 aliphatic heterocycles. The van der Waals surface area contributed by atoms with Crippen LogP contribution in [0.2, 0.25) is 0 Å². The number of β-amino-alcohol motifs (C(OH)–C–C–N with tert-alkyl or cyclic N) is 1. The SMILES string of the molecule is C#CN1CCN(C(C)C)C(C)(C)C1.C=C1CCN(C(C)C)C(C)(C)C1.C=S(C)(=O)C1CCN(C(C)C)C(C)(C)C1.C=S1CCN(C(C)C)C(C)(C)C1.CC(C)CC1(CO)CCCN1C(C)C.CC(C)N1CCOCC1(C)C.CC(C)N1C[C@H](O)[C@H](C)CC1(C)C.CC1CCN(C(C)C)C(C)(C)C1.CCCC1(CC)CCCN1C(C)C.COCC1(CC(C)(F)F)CCCN1C(C)C.COCC1(CC(C)C)CCCN1C(C)C. The lowest BCUT2D eigenvalue weighted by Crippen LogP contribution is -2.60. The molecule has 10 atom stereocenters. The van der Waals surface area contributed by atoms with E-state index in [9.17, 15) is 23.2 Å². The molecular formula is C124H252F2N12O6S2. The third kappa shape index (κ3) is 45.9. The van der Waals surface area contributed by atoms with Crippen LogP contribution in [-0.4, -0.2) is 380 Å². The number of hydrogen-bond acceptors (Lipinski definition) is 18. The summed E-state index contributed by atoms with van der Waals surface area (Å²) in [5.74, 6) is 10.7. The van der Waals surface area contributed by atoms with Gasteiger partial charge in [-0.25, -0.2) is 8.78 Å². The fourth-order valence-electron chi connectivity index (χ4n) is 28.8. The number of hydrogen-bond donors (Lipinski definition) is 2.